The summed E-state index contributed by atoms with van der Waals surface area (Å²) < 4.78 is 0. The molecule has 8 nitrogen and oxygen atoms in total. The summed E-state index contributed by atoms with van der Waals surface area (Å²) in [6.07, 6.45) is 4.09. The standard InChI is InChI=1S/C25H24Cl4N8/c1-36(24-32-12-16(22(30)34-24)14-6-3-8-18(26)20(14)28)10-5-11-37(2)25-33-13-17(23(31)35-25)15-7-4-9-19(27)21(15)29/h3-4,6-9,12-13H,5,10-11H2,1-2H3,(H2,30,32,34)(H2,31,33,35). The lowest BCUT2D eigenvalue weighted by Gasteiger charge is -2.21. The molecule has 0 bridgehead atoms. The molecule has 0 aliphatic heterocycles. The summed E-state index contributed by atoms with van der Waals surface area (Å²) in [5.74, 6) is 1.65. The Hall–Kier alpha value is -3.04. The lowest BCUT2D eigenvalue weighted by atomic mass is 10.1. The van der Waals surface area contributed by atoms with Crippen molar-refractivity contribution in [3.8, 4) is 22.3 Å². The summed E-state index contributed by atoms with van der Waals surface area (Å²) in [5, 5.41) is 1.71. The Morgan fingerprint density at radius 2 is 1.05 bits per heavy atom. The van der Waals surface area contributed by atoms with Gasteiger partial charge in [0.15, 0.2) is 0 Å². The minimum absolute atomic E-state index is 0.321. The van der Waals surface area contributed by atoms with E-state index in [9.17, 15) is 0 Å². The van der Waals surface area contributed by atoms with E-state index in [1.54, 1.807) is 36.7 Å². The molecule has 0 atom stereocenters. The highest BCUT2D eigenvalue weighted by molar-refractivity contribution is 6.44. The number of nitrogen functional groups attached to an aromatic ring is 2. The molecule has 4 rings (SSSR count). The zero-order valence-corrected chi connectivity index (χ0v) is 23.1. The van der Waals surface area contributed by atoms with Crippen molar-refractivity contribution in [3.05, 3.63) is 68.9 Å². The minimum Gasteiger partial charge on any atom is -0.383 e. The van der Waals surface area contributed by atoms with Gasteiger partial charge < -0.3 is 21.3 Å². The van der Waals surface area contributed by atoms with Crippen LogP contribution in [-0.4, -0.2) is 47.1 Å². The van der Waals surface area contributed by atoms with Crippen molar-refractivity contribution in [1.82, 2.24) is 19.9 Å². The lowest BCUT2D eigenvalue weighted by Crippen LogP contribution is -2.27. The van der Waals surface area contributed by atoms with Gasteiger partial charge in [0.1, 0.15) is 11.6 Å². The second-order valence-corrected chi connectivity index (χ2v) is 9.91. The monoisotopic (exact) mass is 576 g/mol. The number of nitrogens with zero attached hydrogens (tertiary/aromatic N) is 6. The van der Waals surface area contributed by atoms with Crippen LogP contribution >= 0.6 is 46.4 Å². The van der Waals surface area contributed by atoms with Crippen LogP contribution in [0.3, 0.4) is 0 Å². The molecule has 12 heteroatoms. The predicted octanol–water partition coefficient (Wildman–Crippen LogP) is 6.34. The molecule has 4 N–H and O–H groups in total. The molecule has 192 valence electrons. The highest BCUT2D eigenvalue weighted by Gasteiger charge is 2.16. The van der Waals surface area contributed by atoms with E-state index in [-0.39, 0.29) is 0 Å². The Kier molecular flexibility index (Phi) is 8.44. The molecule has 0 fully saturated rings. The van der Waals surface area contributed by atoms with Gasteiger partial charge in [0.05, 0.1) is 20.1 Å². The van der Waals surface area contributed by atoms with Crippen molar-refractivity contribution in [2.75, 3.05) is 48.5 Å². The maximum absolute atomic E-state index is 6.33. The molecule has 4 aromatic rings. The van der Waals surface area contributed by atoms with Gasteiger partial charge in [-0.15, -0.1) is 0 Å². The van der Waals surface area contributed by atoms with E-state index >= 15 is 0 Å². The van der Waals surface area contributed by atoms with Crippen LogP contribution in [0, 0.1) is 0 Å². The summed E-state index contributed by atoms with van der Waals surface area (Å²) in [7, 11) is 3.80. The zero-order valence-electron chi connectivity index (χ0n) is 20.1. The first-order valence-corrected chi connectivity index (χ1v) is 12.7. The van der Waals surface area contributed by atoms with Crippen molar-refractivity contribution in [1.29, 1.82) is 0 Å². The number of hydrogen-bond donors (Lipinski definition) is 2. The summed E-state index contributed by atoms with van der Waals surface area (Å²) in [5.41, 5.74) is 15.1. The van der Waals surface area contributed by atoms with Crippen molar-refractivity contribution < 1.29 is 0 Å². The summed E-state index contributed by atoms with van der Waals surface area (Å²) in [4.78, 5) is 21.7. The van der Waals surface area contributed by atoms with Crippen LogP contribution in [0.25, 0.3) is 22.3 Å². The number of benzene rings is 2. The highest BCUT2D eigenvalue weighted by atomic mass is 35.5. The molecule has 0 radical (unpaired) electrons. The van der Waals surface area contributed by atoms with E-state index in [1.807, 2.05) is 36.0 Å². The third kappa shape index (κ3) is 5.93. The van der Waals surface area contributed by atoms with E-state index in [2.05, 4.69) is 19.9 Å². The number of halogens is 4. The van der Waals surface area contributed by atoms with Crippen LogP contribution in [0.5, 0.6) is 0 Å². The Bertz CT molecular complexity index is 1330. The number of aromatic nitrogens is 4. The normalized spacial score (nSPS) is 11.0. The fourth-order valence-corrected chi connectivity index (χ4v) is 4.53. The van der Waals surface area contributed by atoms with Crippen LogP contribution in [0.2, 0.25) is 20.1 Å². The molecule has 0 unspecified atom stereocenters. The van der Waals surface area contributed by atoms with E-state index in [4.69, 9.17) is 57.9 Å². The summed E-state index contributed by atoms with van der Waals surface area (Å²) in [6.45, 7) is 1.35. The molecule has 0 amide bonds. The van der Waals surface area contributed by atoms with Gasteiger partial charge in [-0.3, -0.25) is 0 Å². The maximum Gasteiger partial charge on any atom is 0.227 e. The van der Waals surface area contributed by atoms with E-state index in [1.165, 1.54) is 0 Å². The van der Waals surface area contributed by atoms with Gasteiger partial charge in [-0.2, -0.15) is 9.97 Å². The largest absolute Gasteiger partial charge is 0.383 e. The van der Waals surface area contributed by atoms with E-state index in [0.29, 0.717) is 79.0 Å². The minimum atomic E-state index is 0.321. The van der Waals surface area contributed by atoms with Gasteiger partial charge in [-0.05, 0) is 18.6 Å². The molecule has 0 saturated heterocycles. The van der Waals surface area contributed by atoms with Crippen LogP contribution in [0.1, 0.15) is 6.42 Å². The predicted molar refractivity (Wildman–Crippen MR) is 155 cm³/mol. The van der Waals surface area contributed by atoms with Crippen molar-refractivity contribution >= 4 is 69.9 Å². The fourth-order valence-electron chi connectivity index (χ4n) is 3.72. The van der Waals surface area contributed by atoms with Crippen molar-refractivity contribution in [2.45, 2.75) is 6.42 Å². The molecular weight excluding hydrogens is 554 g/mol. The molecule has 0 spiro atoms. The summed E-state index contributed by atoms with van der Waals surface area (Å²) in [6, 6.07) is 10.7. The molecule has 37 heavy (non-hydrogen) atoms. The smallest absolute Gasteiger partial charge is 0.227 e. The number of hydrogen-bond acceptors (Lipinski definition) is 8. The second-order valence-electron chi connectivity index (χ2n) is 8.34. The molecule has 2 aromatic carbocycles. The fraction of sp³-hybridized carbons (Fsp3) is 0.200. The first kappa shape index (κ1) is 27.0. The highest BCUT2D eigenvalue weighted by Crippen LogP contribution is 2.37. The van der Waals surface area contributed by atoms with Gasteiger partial charge in [-0.25, -0.2) is 9.97 Å². The average Bonchev–Trinajstić information content (AvgIpc) is 2.87. The third-order valence-corrected chi connectivity index (χ3v) is 7.40. The van der Waals surface area contributed by atoms with Crippen molar-refractivity contribution in [3.63, 3.8) is 0 Å². The molecule has 0 aliphatic rings. The van der Waals surface area contributed by atoms with Gasteiger partial charge >= 0.3 is 0 Å². The number of nitrogens with two attached hydrogens (primary N) is 2. The molecule has 2 aromatic heterocycles. The number of rotatable bonds is 8. The van der Waals surface area contributed by atoms with Crippen LogP contribution in [-0.2, 0) is 0 Å². The molecule has 0 saturated carbocycles. The maximum atomic E-state index is 6.33. The average molecular weight is 578 g/mol. The van der Waals surface area contributed by atoms with Crippen LogP contribution in [0.4, 0.5) is 23.5 Å². The first-order chi connectivity index (χ1) is 17.7. The Morgan fingerprint density at radius 3 is 1.43 bits per heavy atom. The van der Waals surface area contributed by atoms with Crippen LogP contribution < -0.4 is 21.3 Å². The van der Waals surface area contributed by atoms with E-state index in [0.717, 1.165) is 6.42 Å². The molecule has 0 aliphatic carbocycles. The Labute approximate surface area is 235 Å². The zero-order chi connectivity index (χ0) is 26.7. The van der Waals surface area contributed by atoms with Gasteiger partial charge in [0.2, 0.25) is 11.9 Å². The Morgan fingerprint density at radius 1 is 0.649 bits per heavy atom. The van der Waals surface area contributed by atoms with Crippen LogP contribution in [0.15, 0.2) is 48.8 Å². The lowest BCUT2D eigenvalue weighted by molar-refractivity contribution is 0.737. The molecule has 2 heterocycles. The van der Waals surface area contributed by atoms with E-state index < -0.39 is 0 Å². The SMILES string of the molecule is CN(CCCN(C)c1ncc(-c2cccc(Cl)c2Cl)c(N)n1)c1ncc(-c2cccc(Cl)c2Cl)c(N)n1. The van der Waals surface area contributed by atoms with Gasteiger partial charge in [0.25, 0.3) is 0 Å². The topological polar surface area (TPSA) is 110 Å². The quantitative estimate of drug-likeness (QED) is 0.249. The molecular formula is C25H24Cl4N8. The van der Waals surface area contributed by atoms with Gasteiger partial charge in [0, 0.05) is 61.8 Å². The summed E-state index contributed by atoms with van der Waals surface area (Å²) >= 11 is 24.9. The third-order valence-electron chi connectivity index (χ3n) is 5.76. The first-order valence-electron chi connectivity index (χ1n) is 11.2. The van der Waals surface area contributed by atoms with Gasteiger partial charge in [-0.1, -0.05) is 70.7 Å². The second kappa shape index (κ2) is 11.6. The number of anilines is 4. The van der Waals surface area contributed by atoms with Crippen molar-refractivity contribution in [2.24, 2.45) is 0 Å². The Balaban J connectivity index is 1.38.